The first-order valence-corrected chi connectivity index (χ1v) is 11.1. The molecule has 0 aromatic carbocycles. The molecule has 3 fully saturated rings. The first-order valence-electron chi connectivity index (χ1n) is 9.38. The molecule has 2 nitrogen and oxygen atoms in total. The minimum absolute atomic E-state index is 0.235. The monoisotopic (exact) mass is 452 g/mol. The number of ketones is 2. The molecule has 128 valence electrons. The van der Waals surface area contributed by atoms with Crippen LogP contribution in [0.15, 0.2) is 21.7 Å². The van der Waals surface area contributed by atoms with Crippen LogP contribution in [-0.2, 0) is 9.59 Å². The van der Waals surface area contributed by atoms with Crippen molar-refractivity contribution in [1.29, 1.82) is 0 Å². The van der Waals surface area contributed by atoms with Crippen LogP contribution in [0, 0.1) is 35.5 Å². The van der Waals surface area contributed by atoms with E-state index in [-0.39, 0.29) is 11.6 Å². The number of fused-ring (bicyclic) bond motifs is 6. The predicted octanol–water partition coefficient (Wildman–Crippen LogP) is 4.96. The fourth-order valence-electron chi connectivity index (χ4n) is 6.83. The molecule has 0 bridgehead atoms. The van der Waals surface area contributed by atoms with Gasteiger partial charge in [-0.2, -0.15) is 0 Å². The molecule has 7 unspecified atom stereocenters. The Kier molecular flexibility index (Phi) is 3.76. The van der Waals surface area contributed by atoms with E-state index in [9.17, 15) is 9.59 Å². The van der Waals surface area contributed by atoms with Crippen molar-refractivity contribution in [3.8, 4) is 0 Å². The van der Waals surface area contributed by atoms with Gasteiger partial charge in [0.2, 0.25) is 11.6 Å². The van der Waals surface area contributed by atoms with Crippen LogP contribution in [0.1, 0.15) is 44.9 Å². The van der Waals surface area contributed by atoms with Gasteiger partial charge in [-0.1, -0.05) is 15.9 Å². The number of carbonyl (C=O) groups excluding carboxylic acids is 2. The SMILES string of the molecule is O=C1C(=O)C2=C(C=C1Br)C1CCC3C4CCC(Br)CC4CC3C1C2. The average Bonchev–Trinajstić information content (AvgIpc) is 3.10. The zero-order chi connectivity index (χ0) is 16.6. The molecule has 24 heavy (non-hydrogen) atoms. The number of Topliss-reactive ketones (excluding diaryl/α,β-unsaturated/α-hetero) is 2. The summed E-state index contributed by atoms with van der Waals surface area (Å²) in [6.07, 6.45) is 10.8. The van der Waals surface area contributed by atoms with Crippen LogP contribution in [-0.4, -0.2) is 16.4 Å². The van der Waals surface area contributed by atoms with Crippen LogP contribution in [0.3, 0.4) is 0 Å². The molecule has 0 N–H and O–H groups in total. The molecule has 5 rings (SSSR count). The van der Waals surface area contributed by atoms with Crippen LogP contribution < -0.4 is 0 Å². The van der Waals surface area contributed by atoms with Gasteiger partial charge in [0.15, 0.2) is 0 Å². The fourth-order valence-corrected chi connectivity index (χ4v) is 8.01. The van der Waals surface area contributed by atoms with E-state index in [2.05, 4.69) is 31.9 Å². The third-order valence-electron chi connectivity index (χ3n) is 7.70. The Hall–Kier alpha value is -0.220. The summed E-state index contributed by atoms with van der Waals surface area (Å²) in [7, 11) is 0. The zero-order valence-corrected chi connectivity index (χ0v) is 16.8. The molecule has 0 aromatic heterocycles. The van der Waals surface area contributed by atoms with Crippen molar-refractivity contribution in [2.75, 3.05) is 0 Å². The molecule has 0 amide bonds. The van der Waals surface area contributed by atoms with Crippen molar-refractivity contribution < 1.29 is 9.59 Å². The van der Waals surface area contributed by atoms with Gasteiger partial charge in [-0.15, -0.1) is 0 Å². The van der Waals surface area contributed by atoms with Gasteiger partial charge in [-0.05, 0) is 108 Å². The highest BCUT2D eigenvalue weighted by atomic mass is 79.9. The summed E-state index contributed by atoms with van der Waals surface area (Å²) in [4.78, 5) is 25.2. The number of hydrogen-bond acceptors (Lipinski definition) is 2. The number of allylic oxidation sites excluding steroid dienone is 4. The zero-order valence-electron chi connectivity index (χ0n) is 13.6. The molecule has 5 aliphatic rings. The highest BCUT2D eigenvalue weighted by Crippen LogP contribution is 2.62. The van der Waals surface area contributed by atoms with Crippen molar-refractivity contribution in [1.82, 2.24) is 0 Å². The van der Waals surface area contributed by atoms with Gasteiger partial charge in [0.1, 0.15) is 0 Å². The summed E-state index contributed by atoms with van der Waals surface area (Å²) in [6.45, 7) is 0. The number of alkyl halides is 1. The molecule has 0 aliphatic heterocycles. The van der Waals surface area contributed by atoms with Gasteiger partial charge in [0.25, 0.3) is 0 Å². The predicted molar refractivity (Wildman–Crippen MR) is 100 cm³/mol. The lowest BCUT2D eigenvalue weighted by atomic mass is 9.65. The molecule has 0 saturated heterocycles. The fraction of sp³-hybridized carbons (Fsp3) is 0.700. The molecular formula is C20H22Br2O2. The quantitative estimate of drug-likeness (QED) is 0.295. The molecule has 3 saturated carbocycles. The van der Waals surface area contributed by atoms with Gasteiger partial charge in [-0.25, -0.2) is 0 Å². The summed E-state index contributed by atoms with van der Waals surface area (Å²) in [5.41, 5.74) is 2.05. The van der Waals surface area contributed by atoms with E-state index in [1.54, 1.807) is 0 Å². The van der Waals surface area contributed by atoms with E-state index in [0.29, 0.717) is 21.1 Å². The number of carbonyl (C=O) groups is 2. The highest BCUT2D eigenvalue weighted by Gasteiger charge is 2.54. The lowest BCUT2D eigenvalue weighted by Crippen LogP contribution is -2.32. The second-order valence-electron chi connectivity index (χ2n) is 8.53. The Bertz CT molecular complexity index is 692. The smallest absolute Gasteiger partial charge is 0.240 e. The van der Waals surface area contributed by atoms with Crippen LogP contribution in [0.4, 0.5) is 0 Å². The van der Waals surface area contributed by atoms with Crippen molar-refractivity contribution in [3.05, 3.63) is 21.7 Å². The third-order valence-corrected chi connectivity index (χ3v) is 9.12. The summed E-state index contributed by atoms with van der Waals surface area (Å²) in [6, 6.07) is 0. The van der Waals surface area contributed by atoms with Gasteiger partial charge < -0.3 is 0 Å². The second-order valence-corrected chi connectivity index (χ2v) is 10.7. The topological polar surface area (TPSA) is 34.1 Å². The molecule has 5 aliphatic carbocycles. The van der Waals surface area contributed by atoms with Gasteiger partial charge >= 0.3 is 0 Å². The van der Waals surface area contributed by atoms with E-state index in [4.69, 9.17) is 0 Å². The van der Waals surface area contributed by atoms with Crippen LogP contribution >= 0.6 is 31.9 Å². The summed E-state index contributed by atoms with van der Waals surface area (Å²) < 4.78 is 0.469. The van der Waals surface area contributed by atoms with E-state index in [1.165, 1.54) is 44.1 Å². The molecule has 0 heterocycles. The normalized spacial score (nSPS) is 47.1. The third kappa shape index (κ3) is 2.17. The first-order chi connectivity index (χ1) is 11.5. The van der Waals surface area contributed by atoms with E-state index < -0.39 is 0 Å². The lowest BCUT2D eigenvalue weighted by Gasteiger charge is -2.40. The minimum atomic E-state index is -0.342. The maximum Gasteiger partial charge on any atom is 0.240 e. The van der Waals surface area contributed by atoms with Gasteiger partial charge in [0, 0.05) is 10.4 Å². The Morgan fingerprint density at radius 3 is 2.50 bits per heavy atom. The maximum absolute atomic E-state index is 12.5. The van der Waals surface area contributed by atoms with Gasteiger partial charge in [0.05, 0.1) is 4.48 Å². The summed E-state index contributed by atoms with van der Waals surface area (Å²) >= 11 is 7.16. The molecule has 7 atom stereocenters. The number of rotatable bonds is 0. The van der Waals surface area contributed by atoms with Crippen LogP contribution in [0.25, 0.3) is 0 Å². The number of halogens is 2. The number of hydrogen-bond donors (Lipinski definition) is 0. The first kappa shape index (κ1) is 16.0. The van der Waals surface area contributed by atoms with E-state index in [0.717, 1.165) is 35.7 Å². The van der Waals surface area contributed by atoms with Crippen LogP contribution in [0.2, 0.25) is 0 Å². The maximum atomic E-state index is 12.5. The molecular weight excluding hydrogens is 432 g/mol. The van der Waals surface area contributed by atoms with Crippen LogP contribution in [0.5, 0.6) is 0 Å². The minimum Gasteiger partial charge on any atom is -0.285 e. The molecule has 4 heteroatoms. The Morgan fingerprint density at radius 1 is 0.875 bits per heavy atom. The average molecular weight is 454 g/mol. The Balaban J connectivity index is 1.44. The van der Waals surface area contributed by atoms with Crippen molar-refractivity contribution in [3.63, 3.8) is 0 Å². The van der Waals surface area contributed by atoms with E-state index in [1.807, 2.05) is 6.08 Å². The molecule has 0 radical (unpaired) electrons. The molecule has 0 aromatic rings. The van der Waals surface area contributed by atoms with Crippen molar-refractivity contribution >= 4 is 43.4 Å². The Labute approximate surface area is 159 Å². The molecule has 0 spiro atoms. The second kappa shape index (κ2) is 5.64. The lowest BCUT2D eigenvalue weighted by molar-refractivity contribution is -0.131. The summed E-state index contributed by atoms with van der Waals surface area (Å²) in [5, 5.41) is 0. The van der Waals surface area contributed by atoms with Crippen molar-refractivity contribution in [2.45, 2.75) is 49.8 Å². The van der Waals surface area contributed by atoms with Crippen molar-refractivity contribution in [2.24, 2.45) is 35.5 Å². The largest absolute Gasteiger partial charge is 0.285 e. The Morgan fingerprint density at radius 2 is 1.67 bits per heavy atom. The standard InChI is InChI=1S/C20H22Br2O2/c21-10-1-2-11-9(5-10)6-14-12(11)3-4-13-15(14)7-17-16(13)8-18(22)20(24)19(17)23/h8-15H,1-7H2. The van der Waals surface area contributed by atoms with Gasteiger partial charge in [-0.3, -0.25) is 9.59 Å². The summed E-state index contributed by atoms with van der Waals surface area (Å²) in [5.74, 6) is 4.00. The van der Waals surface area contributed by atoms with E-state index >= 15 is 0 Å². The highest BCUT2D eigenvalue weighted by molar-refractivity contribution is 9.12.